The normalized spacial score (nSPS) is 11.5. The minimum Gasteiger partial charge on any atom is -0.456 e. The molecule has 2 aromatic heterocycles. The molecule has 10 aromatic rings. The van der Waals surface area contributed by atoms with Gasteiger partial charge < -0.3 is 4.42 Å². The van der Waals surface area contributed by atoms with Crippen LogP contribution in [0, 0.1) is 0 Å². The molecule has 238 valence electrons. The van der Waals surface area contributed by atoms with E-state index in [0.29, 0.717) is 17.5 Å². The van der Waals surface area contributed by atoms with E-state index < -0.39 is 0 Å². The van der Waals surface area contributed by atoms with Crippen LogP contribution in [-0.2, 0) is 0 Å². The summed E-state index contributed by atoms with van der Waals surface area (Å²) >= 11 is 0. The summed E-state index contributed by atoms with van der Waals surface area (Å²) in [6.07, 6.45) is 0. The van der Waals surface area contributed by atoms with Crippen LogP contribution in [-0.4, -0.2) is 15.0 Å². The first-order valence-electron chi connectivity index (χ1n) is 17.1. The third-order valence-electron chi connectivity index (χ3n) is 9.69. The smallest absolute Gasteiger partial charge is 0.164 e. The lowest BCUT2D eigenvalue weighted by Gasteiger charge is -2.13. The molecule has 10 rings (SSSR count). The third kappa shape index (κ3) is 5.13. The van der Waals surface area contributed by atoms with Gasteiger partial charge in [0.25, 0.3) is 0 Å². The lowest BCUT2D eigenvalue weighted by Crippen LogP contribution is -2.00. The molecule has 0 aliphatic carbocycles. The van der Waals surface area contributed by atoms with Gasteiger partial charge >= 0.3 is 0 Å². The second-order valence-electron chi connectivity index (χ2n) is 12.8. The van der Waals surface area contributed by atoms with Crippen molar-refractivity contribution in [3.63, 3.8) is 0 Å². The molecule has 4 nitrogen and oxygen atoms in total. The summed E-state index contributed by atoms with van der Waals surface area (Å²) in [5.74, 6) is 1.91. The van der Waals surface area contributed by atoms with E-state index >= 15 is 0 Å². The lowest BCUT2D eigenvalue weighted by atomic mass is 9.93. The molecule has 0 spiro atoms. The molecule has 0 N–H and O–H groups in total. The van der Waals surface area contributed by atoms with Gasteiger partial charge in [-0.3, -0.25) is 0 Å². The quantitative estimate of drug-likeness (QED) is 0.186. The van der Waals surface area contributed by atoms with Crippen molar-refractivity contribution < 1.29 is 4.42 Å². The number of fused-ring (bicyclic) bond motifs is 5. The molecule has 8 aromatic carbocycles. The number of hydrogen-bond acceptors (Lipinski definition) is 4. The van der Waals surface area contributed by atoms with Gasteiger partial charge in [-0.1, -0.05) is 140 Å². The van der Waals surface area contributed by atoms with Crippen LogP contribution >= 0.6 is 0 Å². The van der Waals surface area contributed by atoms with Crippen molar-refractivity contribution in [1.82, 2.24) is 15.0 Å². The number of hydrogen-bond donors (Lipinski definition) is 0. The van der Waals surface area contributed by atoms with E-state index in [0.717, 1.165) is 71.7 Å². The first kappa shape index (κ1) is 29.0. The Labute approximate surface area is 294 Å². The van der Waals surface area contributed by atoms with E-state index in [4.69, 9.17) is 19.4 Å². The average molecular weight is 652 g/mol. The zero-order chi connectivity index (χ0) is 33.7. The van der Waals surface area contributed by atoms with Crippen molar-refractivity contribution in [2.24, 2.45) is 0 Å². The Kier molecular flexibility index (Phi) is 6.78. The first-order valence-corrected chi connectivity index (χ1v) is 17.1. The van der Waals surface area contributed by atoms with Crippen LogP contribution in [0.4, 0.5) is 0 Å². The van der Waals surface area contributed by atoms with Crippen LogP contribution in [0.2, 0.25) is 0 Å². The molecule has 4 heteroatoms. The molecule has 0 radical (unpaired) electrons. The molecule has 0 saturated heterocycles. The summed E-state index contributed by atoms with van der Waals surface area (Å²) in [5.41, 5.74) is 9.00. The molecule has 0 aliphatic heterocycles. The maximum atomic E-state index is 6.56. The fourth-order valence-corrected chi connectivity index (χ4v) is 7.19. The van der Waals surface area contributed by atoms with E-state index in [1.54, 1.807) is 0 Å². The van der Waals surface area contributed by atoms with E-state index in [1.165, 1.54) is 10.8 Å². The number of rotatable bonds is 5. The van der Waals surface area contributed by atoms with Gasteiger partial charge in [0.2, 0.25) is 0 Å². The third-order valence-corrected chi connectivity index (χ3v) is 9.69. The highest BCUT2D eigenvalue weighted by Crippen LogP contribution is 2.41. The lowest BCUT2D eigenvalue weighted by molar-refractivity contribution is 0.669. The van der Waals surface area contributed by atoms with Crippen LogP contribution in [0.3, 0.4) is 0 Å². The monoisotopic (exact) mass is 651 g/mol. The zero-order valence-electron chi connectivity index (χ0n) is 27.5. The highest BCUT2D eigenvalue weighted by atomic mass is 16.3. The topological polar surface area (TPSA) is 51.8 Å². The first-order chi connectivity index (χ1) is 25.2. The van der Waals surface area contributed by atoms with E-state index in [-0.39, 0.29) is 0 Å². The molecule has 0 aliphatic rings. The van der Waals surface area contributed by atoms with Gasteiger partial charge in [0, 0.05) is 27.5 Å². The molecule has 0 unspecified atom stereocenters. The van der Waals surface area contributed by atoms with Gasteiger partial charge in [0.1, 0.15) is 11.2 Å². The van der Waals surface area contributed by atoms with Gasteiger partial charge in [-0.15, -0.1) is 0 Å². The number of benzene rings is 8. The minimum atomic E-state index is 0.630. The molecule has 0 amide bonds. The van der Waals surface area contributed by atoms with Gasteiger partial charge in [0.05, 0.1) is 0 Å². The maximum absolute atomic E-state index is 6.56. The van der Waals surface area contributed by atoms with Crippen molar-refractivity contribution >= 4 is 43.5 Å². The Morgan fingerprint density at radius 2 is 0.922 bits per heavy atom. The number of aromatic nitrogens is 3. The maximum Gasteiger partial charge on any atom is 0.164 e. The fraction of sp³-hybridized carbons (Fsp3) is 0. The summed E-state index contributed by atoms with van der Waals surface area (Å²) in [7, 11) is 0. The van der Waals surface area contributed by atoms with Gasteiger partial charge in [-0.2, -0.15) is 0 Å². The van der Waals surface area contributed by atoms with Crippen LogP contribution in [0.1, 0.15) is 0 Å². The van der Waals surface area contributed by atoms with Crippen molar-refractivity contribution in [2.75, 3.05) is 0 Å². The predicted octanol–water partition coefficient (Wildman–Crippen LogP) is 12.4. The molecular formula is C47H29N3O. The highest BCUT2D eigenvalue weighted by Gasteiger charge is 2.18. The van der Waals surface area contributed by atoms with E-state index in [9.17, 15) is 0 Å². The highest BCUT2D eigenvalue weighted by molar-refractivity contribution is 6.14. The van der Waals surface area contributed by atoms with Crippen LogP contribution in [0.25, 0.3) is 99.9 Å². The standard InChI is InChI=1S/C47H29N3O/c1-3-13-31(14-4-1)45-48-46(32-15-5-2-6-16-32)50-47(49-45)41-28-37(27-36-18-9-10-19-38(36)41)39-20-11-21-42-44(39)40-25-24-35(29-43(40)51-42)34-23-22-30-12-7-8-17-33(30)26-34/h1-29H. The second kappa shape index (κ2) is 11.9. The van der Waals surface area contributed by atoms with E-state index in [2.05, 4.69) is 115 Å². The summed E-state index contributed by atoms with van der Waals surface area (Å²) in [5, 5.41) is 6.81. The Bertz CT molecular complexity index is 2860. The van der Waals surface area contributed by atoms with Crippen molar-refractivity contribution in [1.29, 1.82) is 0 Å². The fourth-order valence-electron chi connectivity index (χ4n) is 7.19. The van der Waals surface area contributed by atoms with Crippen LogP contribution in [0.15, 0.2) is 180 Å². The molecule has 51 heavy (non-hydrogen) atoms. The molecule has 0 fully saturated rings. The second-order valence-corrected chi connectivity index (χ2v) is 12.8. The van der Waals surface area contributed by atoms with Gasteiger partial charge in [-0.25, -0.2) is 15.0 Å². The molecule has 0 atom stereocenters. The summed E-state index contributed by atoms with van der Waals surface area (Å²) < 4.78 is 6.56. The molecule has 0 saturated carbocycles. The van der Waals surface area contributed by atoms with Crippen molar-refractivity contribution in [3.8, 4) is 56.4 Å². The average Bonchev–Trinajstić information content (AvgIpc) is 3.59. The molecular weight excluding hydrogens is 623 g/mol. The van der Waals surface area contributed by atoms with Crippen molar-refractivity contribution in [2.45, 2.75) is 0 Å². The summed E-state index contributed by atoms with van der Waals surface area (Å²) in [6.45, 7) is 0. The summed E-state index contributed by atoms with van der Waals surface area (Å²) in [6, 6.07) is 61.1. The largest absolute Gasteiger partial charge is 0.456 e. The van der Waals surface area contributed by atoms with Crippen LogP contribution in [0.5, 0.6) is 0 Å². The minimum absolute atomic E-state index is 0.630. The number of nitrogens with zero attached hydrogens (tertiary/aromatic N) is 3. The van der Waals surface area contributed by atoms with E-state index in [1.807, 2.05) is 60.7 Å². The van der Waals surface area contributed by atoms with Gasteiger partial charge in [0.15, 0.2) is 17.5 Å². The van der Waals surface area contributed by atoms with Crippen LogP contribution < -0.4 is 0 Å². The number of furan rings is 1. The Balaban J connectivity index is 1.16. The predicted molar refractivity (Wildman–Crippen MR) is 209 cm³/mol. The van der Waals surface area contributed by atoms with Crippen molar-refractivity contribution in [3.05, 3.63) is 176 Å². The molecule has 0 bridgehead atoms. The molecule has 2 heterocycles. The zero-order valence-corrected chi connectivity index (χ0v) is 27.5. The summed E-state index contributed by atoms with van der Waals surface area (Å²) in [4.78, 5) is 15.1. The van der Waals surface area contributed by atoms with Gasteiger partial charge in [-0.05, 0) is 80.2 Å². The Morgan fingerprint density at radius 3 is 1.69 bits per heavy atom. The Hall–Kier alpha value is -6.91. The SMILES string of the molecule is c1ccc(-c2nc(-c3ccccc3)nc(-c3cc(-c4cccc5oc6cc(-c7ccc8ccccc8c7)ccc6c45)cc4ccccc34)n2)cc1. The Morgan fingerprint density at radius 1 is 0.314 bits per heavy atom.